The van der Waals surface area contributed by atoms with Gasteiger partial charge in [-0.25, -0.2) is 9.97 Å². The first-order valence-electron chi connectivity index (χ1n) is 11.2. The van der Waals surface area contributed by atoms with Crippen LogP contribution in [-0.2, 0) is 0 Å². The Bertz CT molecular complexity index is 1080. The second-order valence-corrected chi connectivity index (χ2v) is 8.76. The van der Waals surface area contributed by atoms with Crippen molar-refractivity contribution in [2.75, 3.05) is 59.7 Å². The molecule has 6 heteroatoms. The molecule has 1 saturated carbocycles. The number of benzene rings is 2. The van der Waals surface area contributed by atoms with Gasteiger partial charge in [-0.05, 0) is 49.6 Å². The predicted molar refractivity (Wildman–Crippen MR) is 124 cm³/mol. The number of hydrogen-bond donors (Lipinski definition) is 1. The van der Waals surface area contributed by atoms with Crippen LogP contribution >= 0.6 is 0 Å². The van der Waals surface area contributed by atoms with E-state index in [1.54, 1.807) is 0 Å². The van der Waals surface area contributed by atoms with E-state index in [1.807, 2.05) is 18.2 Å². The first kappa shape index (κ1) is 17.8. The summed E-state index contributed by atoms with van der Waals surface area (Å²) in [4.78, 5) is 17.3. The normalized spacial score (nSPS) is 19.3. The largest absolute Gasteiger partial charge is 0.399 e. The second-order valence-electron chi connectivity index (χ2n) is 8.76. The highest BCUT2D eigenvalue weighted by atomic mass is 15.3. The predicted octanol–water partition coefficient (Wildman–Crippen LogP) is 3.63. The van der Waals surface area contributed by atoms with Crippen LogP contribution < -0.4 is 20.4 Å². The van der Waals surface area contributed by atoms with Gasteiger partial charge in [0.05, 0.1) is 16.9 Å². The van der Waals surface area contributed by atoms with Crippen LogP contribution in [0.3, 0.4) is 0 Å². The highest BCUT2D eigenvalue weighted by molar-refractivity contribution is 5.92. The van der Waals surface area contributed by atoms with Crippen molar-refractivity contribution in [1.82, 2.24) is 9.97 Å². The van der Waals surface area contributed by atoms with Crippen LogP contribution in [-0.4, -0.2) is 49.2 Å². The van der Waals surface area contributed by atoms with Crippen molar-refractivity contribution in [3.8, 4) is 0 Å². The molecule has 1 aromatic heterocycles. The van der Waals surface area contributed by atoms with Crippen LogP contribution in [0.5, 0.6) is 0 Å². The molecule has 154 valence electrons. The smallest absolute Gasteiger partial charge is 0.140 e. The lowest BCUT2D eigenvalue weighted by atomic mass is 10.1. The first-order chi connectivity index (χ1) is 14.8. The van der Waals surface area contributed by atoms with Crippen molar-refractivity contribution in [1.29, 1.82) is 0 Å². The number of nitrogen functional groups attached to an aromatic ring is 1. The molecule has 0 bridgehead atoms. The molecule has 6 rings (SSSR count). The molecule has 2 saturated heterocycles. The molecule has 3 heterocycles. The third-order valence-electron chi connectivity index (χ3n) is 6.66. The molecule has 0 atom stereocenters. The molecule has 0 amide bonds. The summed E-state index contributed by atoms with van der Waals surface area (Å²) in [6, 6.07) is 14.9. The van der Waals surface area contributed by atoms with Gasteiger partial charge in [0.25, 0.3) is 0 Å². The molecule has 3 aliphatic rings. The molecule has 0 radical (unpaired) electrons. The first-order valence-corrected chi connectivity index (χ1v) is 11.2. The number of para-hydroxylation sites is 2. The van der Waals surface area contributed by atoms with Gasteiger partial charge < -0.3 is 20.4 Å². The molecule has 3 aromatic rings. The highest BCUT2D eigenvalue weighted by Crippen LogP contribution is 2.40. The van der Waals surface area contributed by atoms with E-state index < -0.39 is 0 Å². The number of nitrogens with zero attached hydrogens (tertiary/aromatic N) is 5. The van der Waals surface area contributed by atoms with E-state index >= 15 is 0 Å². The summed E-state index contributed by atoms with van der Waals surface area (Å²) in [6.45, 7) is 6.26. The quantitative estimate of drug-likeness (QED) is 0.675. The minimum absolute atomic E-state index is 0.537. The number of piperazine rings is 1. The fourth-order valence-corrected chi connectivity index (χ4v) is 4.63. The van der Waals surface area contributed by atoms with Gasteiger partial charge in [0, 0.05) is 56.3 Å². The summed E-state index contributed by atoms with van der Waals surface area (Å²) in [7, 11) is 0. The Labute approximate surface area is 177 Å². The van der Waals surface area contributed by atoms with E-state index in [0.29, 0.717) is 5.92 Å². The number of rotatable bonds is 4. The van der Waals surface area contributed by atoms with Gasteiger partial charge in [0.1, 0.15) is 11.6 Å². The van der Waals surface area contributed by atoms with Crippen molar-refractivity contribution in [2.45, 2.75) is 25.2 Å². The molecule has 0 unspecified atom stereocenters. The van der Waals surface area contributed by atoms with Gasteiger partial charge in [-0.15, -0.1) is 0 Å². The van der Waals surface area contributed by atoms with Crippen LogP contribution in [0, 0.1) is 0 Å². The zero-order chi connectivity index (χ0) is 20.1. The van der Waals surface area contributed by atoms with Gasteiger partial charge in [0.2, 0.25) is 0 Å². The molecule has 2 aromatic carbocycles. The Morgan fingerprint density at radius 3 is 2.07 bits per heavy atom. The Hall–Kier alpha value is -3.02. The van der Waals surface area contributed by atoms with Gasteiger partial charge >= 0.3 is 0 Å². The average molecular weight is 401 g/mol. The van der Waals surface area contributed by atoms with E-state index in [4.69, 9.17) is 15.7 Å². The maximum absolute atomic E-state index is 6.11. The van der Waals surface area contributed by atoms with Crippen molar-refractivity contribution in [2.24, 2.45) is 0 Å². The third kappa shape index (κ3) is 3.11. The van der Waals surface area contributed by atoms with E-state index in [2.05, 4.69) is 39.0 Å². The molecule has 30 heavy (non-hydrogen) atoms. The maximum atomic E-state index is 6.11. The minimum atomic E-state index is 0.537. The summed E-state index contributed by atoms with van der Waals surface area (Å²) in [5, 5.41) is 1.08. The molecule has 2 aliphatic heterocycles. The molecule has 0 spiro atoms. The molecular weight excluding hydrogens is 372 g/mol. The van der Waals surface area contributed by atoms with E-state index in [9.17, 15) is 0 Å². The van der Waals surface area contributed by atoms with Crippen LogP contribution in [0.2, 0.25) is 0 Å². The van der Waals surface area contributed by atoms with Crippen molar-refractivity contribution in [3.05, 3.63) is 48.3 Å². The van der Waals surface area contributed by atoms with Crippen molar-refractivity contribution in [3.63, 3.8) is 0 Å². The van der Waals surface area contributed by atoms with Gasteiger partial charge in [-0.3, -0.25) is 0 Å². The van der Waals surface area contributed by atoms with Crippen molar-refractivity contribution >= 4 is 33.8 Å². The molecule has 3 fully saturated rings. The molecule has 6 nitrogen and oxygen atoms in total. The van der Waals surface area contributed by atoms with Crippen LogP contribution in [0.1, 0.15) is 31.0 Å². The maximum Gasteiger partial charge on any atom is 0.140 e. The van der Waals surface area contributed by atoms with E-state index in [1.165, 1.54) is 43.7 Å². The summed E-state index contributed by atoms with van der Waals surface area (Å²) in [6.07, 6.45) is 3.72. The highest BCUT2D eigenvalue weighted by Gasteiger charge is 2.30. The number of hydrogen-bond acceptors (Lipinski definition) is 6. The Morgan fingerprint density at radius 2 is 1.43 bits per heavy atom. The topological polar surface area (TPSA) is 61.5 Å². The summed E-state index contributed by atoms with van der Waals surface area (Å²) in [5.74, 6) is 2.60. The lowest BCUT2D eigenvalue weighted by Gasteiger charge is -2.41. The summed E-state index contributed by atoms with van der Waals surface area (Å²) in [5.41, 5.74) is 10.6. The summed E-state index contributed by atoms with van der Waals surface area (Å²) >= 11 is 0. The monoisotopic (exact) mass is 400 g/mol. The number of nitrogens with two attached hydrogens (primary N) is 1. The Balaban J connectivity index is 1.28. The fraction of sp³-hybridized carbons (Fsp3) is 0.417. The average Bonchev–Trinajstić information content (AvgIpc) is 3.58. The molecular formula is C24H28N6. The van der Waals surface area contributed by atoms with Crippen LogP contribution in [0.15, 0.2) is 42.5 Å². The number of fused-ring (bicyclic) bond motifs is 1. The number of anilines is 4. The molecule has 2 N–H and O–H groups in total. The van der Waals surface area contributed by atoms with Gasteiger partial charge in [0.15, 0.2) is 0 Å². The zero-order valence-electron chi connectivity index (χ0n) is 17.3. The number of aromatic nitrogens is 2. The lowest BCUT2D eigenvalue weighted by Crippen LogP contribution is -2.48. The van der Waals surface area contributed by atoms with Crippen molar-refractivity contribution < 1.29 is 0 Å². The lowest BCUT2D eigenvalue weighted by molar-refractivity contribution is 0.610. The van der Waals surface area contributed by atoms with Gasteiger partial charge in [-0.1, -0.05) is 12.1 Å². The SMILES string of the molecule is Nc1ccc2nc(C3CC3)nc(N3CCN(c4ccccc4N4CCC4)CC3)c2c1. The van der Waals surface area contributed by atoms with Crippen LogP contribution in [0.4, 0.5) is 22.9 Å². The minimum Gasteiger partial charge on any atom is -0.399 e. The van der Waals surface area contributed by atoms with Gasteiger partial charge in [-0.2, -0.15) is 0 Å². The van der Waals surface area contributed by atoms with E-state index in [-0.39, 0.29) is 0 Å². The molecule has 1 aliphatic carbocycles. The zero-order valence-corrected chi connectivity index (χ0v) is 17.3. The van der Waals surface area contributed by atoms with E-state index in [0.717, 1.165) is 54.4 Å². The standard InChI is InChI=1S/C24H28N6/c25-18-8-9-20-19(16-18)24(27-23(26-20)17-6-7-17)30-14-12-29(13-15-30)22-5-2-1-4-21(22)28-10-3-11-28/h1-2,4-5,8-9,16-17H,3,6-7,10-15,25H2. The Kier molecular flexibility index (Phi) is 4.18. The second kappa shape index (κ2) is 7.04. The summed E-state index contributed by atoms with van der Waals surface area (Å²) < 4.78 is 0. The Morgan fingerprint density at radius 1 is 0.767 bits per heavy atom. The van der Waals surface area contributed by atoms with Crippen LogP contribution in [0.25, 0.3) is 10.9 Å². The fourth-order valence-electron chi connectivity index (χ4n) is 4.63. The third-order valence-corrected chi connectivity index (χ3v) is 6.66.